The number of hydrogen-bond donors (Lipinski definition) is 0. The number of rotatable bonds is 5. The maximum atomic E-state index is 13.0. The molecule has 0 aliphatic carbocycles. The van der Waals surface area contributed by atoms with E-state index in [1.165, 1.54) is 25.3 Å². The lowest BCUT2D eigenvalue weighted by atomic mass is 10.1. The van der Waals surface area contributed by atoms with Gasteiger partial charge in [0.25, 0.3) is 0 Å². The molecule has 1 fully saturated rings. The fraction of sp³-hybridized carbons (Fsp3) is 0.333. The summed E-state index contributed by atoms with van der Waals surface area (Å²) in [5, 5.41) is -0.865. The number of sulfonamides is 1. The Morgan fingerprint density at radius 1 is 1.00 bits per heavy atom. The summed E-state index contributed by atoms with van der Waals surface area (Å²) >= 11 is 0. The van der Waals surface area contributed by atoms with Crippen molar-refractivity contribution >= 4 is 19.9 Å². The van der Waals surface area contributed by atoms with Crippen LogP contribution >= 0.6 is 0 Å². The Morgan fingerprint density at radius 2 is 1.56 bits per heavy atom. The lowest BCUT2D eigenvalue weighted by Gasteiger charge is -2.37. The summed E-state index contributed by atoms with van der Waals surface area (Å²) in [7, 11) is -6.22. The summed E-state index contributed by atoms with van der Waals surface area (Å²) in [6, 6.07) is 7.70. The average Bonchev–Trinajstić information content (AvgIpc) is 2.55. The molecular weight excluding hydrogens is 393 g/mol. The Hall–Kier alpha value is -1.97. The second-order valence-electron chi connectivity index (χ2n) is 6.53. The fourth-order valence-corrected chi connectivity index (χ4v) is 6.47. The minimum atomic E-state index is -3.88. The molecule has 9 heteroatoms. The van der Waals surface area contributed by atoms with Gasteiger partial charge in [-0.1, -0.05) is 0 Å². The highest BCUT2D eigenvalue weighted by Gasteiger charge is 2.45. The molecule has 6 nitrogen and oxygen atoms in total. The van der Waals surface area contributed by atoms with Crippen LogP contribution in [0.3, 0.4) is 0 Å². The standard InChI is InChI=1S/C18H20FNO5S2/c1-12-8-17(25-3)18(9-13(12)2)27(23,24)20-10-16(11-20)26(21,22)15-6-4-14(19)5-7-15/h4-9,16H,10-11H2,1-3H3. The molecule has 3 rings (SSSR count). The second kappa shape index (κ2) is 6.88. The van der Waals surface area contributed by atoms with Gasteiger partial charge >= 0.3 is 0 Å². The van der Waals surface area contributed by atoms with Gasteiger partial charge in [-0.2, -0.15) is 4.31 Å². The maximum Gasteiger partial charge on any atom is 0.246 e. The predicted octanol–water partition coefficient (Wildman–Crippen LogP) is 2.30. The van der Waals surface area contributed by atoms with Crippen LogP contribution in [0.25, 0.3) is 0 Å². The van der Waals surface area contributed by atoms with E-state index in [-0.39, 0.29) is 28.6 Å². The first kappa shape index (κ1) is 19.8. The Bertz CT molecular complexity index is 1070. The minimum absolute atomic E-state index is 0.0188. The molecule has 1 saturated heterocycles. The van der Waals surface area contributed by atoms with Crippen molar-refractivity contribution in [2.24, 2.45) is 0 Å². The molecule has 0 N–H and O–H groups in total. The third-order valence-corrected chi connectivity index (χ3v) is 8.75. The Kier molecular flexibility index (Phi) is 5.04. The minimum Gasteiger partial charge on any atom is -0.495 e. The van der Waals surface area contributed by atoms with Gasteiger partial charge in [-0.05, 0) is 61.4 Å². The number of aryl methyl sites for hydroxylation is 2. The molecule has 1 aliphatic rings. The molecule has 0 unspecified atom stereocenters. The van der Waals surface area contributed by atoms with E-state index >= 15 is 0 Å². The molecule has 0 spiro atoms. The van der Waals surface area contributed by atoms with Crippen LogP contribution in [-0.2, 0) is 19.9 Å². The Balaban J connectivity index is 1.85. The maximum absolute atomic E-state index is 13.0. The Labute approximate surface area is 158 Å². The summed E-state index contributed by atoms with van der Waals surface area (Å²) in [4.78, 5) is 0.000406. The topological polar surface area (TPSA) is 80.8 Å². The summed E-state index contributed by atoms with van der Waals surface area (Å²) in [6.07, 6.45) is 0. The van der Waals surface area contributed by atoms with E-state index in [0.717, 1.165) is 27.6 Å². The highest BCUT2D eigenvalue weighted by Crippen LogP contribution is 2.34. The molecule has 0 aromatic heterocycles. The van der Waals surface area contributed by atoms with Crippen molar-refractivity contribution in [3.8, 4) is 5.75 Å². The molecule has 2 aromatic rings. The summed E-state index contributed by atoms with van der Waals surface area (Å²) in [5.74, 6) is -0.309. The number of halogens is 1. The molecular formula is C18H20FNO5S2. The zero-order chi connectivity index (χ0) is 20.0. The molecule has 0 atom stereocenters. The monoisotopic (exact) mass is 413 g/mol. The van der Waals surface area contributed by atoms with E-state index < -0.39 is 30.9 Å². The molecule has 146 valence electrons. The van der Waals surface area contributed by atoms with Gasteiger partial charge in [-0.25, -0.2) is 21.2 Å². The molecule has 1 heterocycles. The van der Waals surface area contributed by atoms with E-state index in [0.29, 0.717) is 0 Å². The van der Waals surface area contributed by atoms with Gasteiger partial charge < -0.3 is 4.74 Å². The average molecular weight is 413 g/mol. The summed E-state index contributed by atoms with van der Waals surface area (Å²) < 4.78 is 70.3. The van der Waals surface area contributed by atoms with Gasteiger partial charge in [0.1, 0.15) is 16.5 Å². The first-order valence-corrected chi connectivity index (χ1v) is 11.2. The molecule has 0 radical (unpaired) electrons. The number of nitrogens with zero attached hydrogens (tertiary/aromatic N) is 1. The lowest BCUT2D eigenvalue weighted by molar-refractivity contribution is 0.307. The van der Waals surface area contributed by atoms with Crippen LogP contribution in [0.5, 0.6) is 5.75 Å². The van der Waals surface area contributed by atoms with Crippen molar-refractivity contribution in [2.45, 2.75) is 28.9 Å². The third-order valence-electron chi connectivity index (χ3n) is 4.79. The number of benzene rings is 2. The SMILES string of the molecule is COc1cc(C)c(C)cc1S(=O)(=O)N1CC(S(=O)(=O)c2ccc(F)cc2)C1. The zero-order valence-electron chi connectivity index (χ0n) is 15.1. The van der Waals surface area contributed by atoms with Crippen molar-refractivity contribution in [1.82, 2.24) is 4.31 Å². The summed E-state index contributed by atoms with van der Waals surface area (Å²) in [5.41, 5.74) is 1.69. The van der Waals surface area contributed by atoms with Crippen molar-refractivity contribution in [3.63, 3.8) is 0 Å². The van der Waals surface area contributed by atoms with Crippen LogP contribution < -0.4 is 4.74 Å². The lowest BCUT2D eigenvalue weighted by Crippen LogP contribution is -2.56. The second-order valence-corrected chi connectivity index (χ2v) is 10.7. The largest absolute Gasteiger partial charge is 0.495 e. The number of methoxy groups -OCH3 is 1. The van der Waals surface area contributed by atoms with Crippen LogP contribution in [-0.4, -0.2) is 46.6 Å². The molecule has 2 aromatic carbocycles. The molecule has 0 saturated carbocycles. The van der Waals surface area contributed by atoms with Crippen molar-refractivity contribution in [2.75, 3.05) is 20.2 Å². The van der Waals surface area contributed by atoms with E-state index in [4.69, 9.17) is 4.74 Å². The van der Waals surface area contributed by atoms with Crippen LogP contribution in [0.1, 0.15) is 11.1 Å². The van der Waals surface area contributed by atoms with Gasteiger partial charge in [0.05, 0.1) is 17.3 Å². The van der Waals surface area contributed by atoms with Gasteiger partial charge in [-0.15, -0.1) is 0 Å². The molecule has 0 amide bonds. The van der Waals surface area contributed by atoms with E-state index in [2.05, 4.69) is 0 Å². The van der Waals surface area contributed by atoms with E-state index in [1.54, 1.807) is 13.0 Å². The van der Waals surface area contributed by atoms with Gasteiger partial charge in [0, 0.05) is 13.1 Å². The van der Waals surface area contributed by atoms with Gasteiger partial charge in [-0.3, -0.25) is 0 Å². The van der Waals surface area contributed by atoms with Crippen LogP contribution in [0.2, 0.25) is 0 Å². The number of hydrogen-bond acceptors (Lipinski definition) is 5. The first-order chi connectivity index (χ1) is 12.6. The Morgan fingerprint density at radius 3 is 2.11 bits per heavy atom. The van der Waals surface area contributed by atoms with Crippen molar-refractivity contribution in [3.05, 3.63) is 53.3 Å². The van der Waals surface area contributed by atoms with Crippen LogP contribution in [0.15, 0.2) is 46.2 Å². The van der Waals surface area contributed by atoms with E-state index in [9.17, 15) is 21.2 Å². The van der Waals surface area contributed by atoms with Gasteiger partial charge in [0.2, 0.25) is 10.0 Å². The van der Waals surface area contributed by atoms with Crippen molar-refractivity contribution in [1.29, 1.82) is 0 Å². The summed E-state index contributed by atoms with van der Waals surface area (Å²) in [6.45, 7) is 3.34. The fourth-order valence-electron chi connectivity index (χ4n) is 2.87. The number of ether oxygens (including phenoxy) is 1. The third kappa shape index (κ3) is 3.46. The normalized spacial score (nSPS) is 16.1. The highest BCUT2D eigenvalue weighted by atomic mass is 32.2. The van der Waals surface area contributed by atoms with Crippen molar-refractivity contribution < 1.29 is 26.0 Å². The molecule has 0 bridgehead atoms. The molecule has 27 heavy (non-hydrogen) atoms. The van der Waals surface area contributed by atoms with Gasteiger partial charge in [0.15, 0.2) is 9.84 Å². The van der Waals surface area contributed by atoms with Crippen LogP contribution in [0, 0.1) is 19.7 Å². The zero-order valence-corrected chi connectivity index (χ0v) is 16.8. The smallest absolute Gasteiger partial charge is 0.246 e. The number of sulfone groups is 1. The van der Waals surface area contributed by atoms with E-state index in [1.807, 2.05) is 6.92 Å². The first-order valence-electron chi connectivity index (χ1n) is 8.22. The quantitative estimate of drug-likeness (QED) is 0.703. The predicted molar refractivity (Wildman–Crippen MR) is 98.6 cm³/mol. The molecule has 1 aliphatic heterocycles. The highest BCUT2D eigenvalue weighted by molar-refractivity contribution is 7.92. The van der Waals surface area contributed by atoms with Crippen LogP contribution in [0.4, 0.5) is 4.39 Å².